The summed E-state index contributed by atoms with van der Waals surface area (Å²) in [5.41, 5.74) is 1.91. The van der Waals surface area contributed by atoms with E-state index in [0.717, 1.165) is 11.3 Å². The SMILES string of the molecule is Cc1cc(O)cc(OCc2ccn(C3CCCC3)n2)c1. The summed E-state index contributed by atoms with van der Waals surface area (Å²) in [6, 6.07) is 7.82. The van der Waals surface area contributed by atoms with Gasteiger partial charge in [0.05, 0.1) is 11.7 Å². The monoisotopic (exact) mass is 272 g/mol. The van der Waals surface area contributed by atoms with Gasteiger partial charge in [0.25, 0.3) is 0 Å². The number of aromatic hydroxyl groups is 1. The van der Waals surface area contributed by atoms with Crippen molar-refractivity contribution < 1.29 is 9.84 Å². The van der Waals surface area contributed by atoms with Gasteiger partial charge < -0.3 is 9.84 Å². The number of phenolic OH excluding ortho intramolecular Hbond substituents is 1. The molecular weight excluding hydrogens is 252 g/mol. The van der Waals surface area contributed by atoms with Gasteiger partial charge in [0.1, 0.15) is 18.1 Å². The molecule has 0 bridgehead atoms. The Labute approximate surface area is 119 Å². The van der Waals surface area contributed by atoms with Crippen LogP contribution in [0.15, 0.2) is 30.5 Å². The van der Waals surface area contributed by atoms with Gasteiger partial charge in [0.2, 0.25) is 0 Å². The topological polar surface area (TPSA) is 47.3 Å². The van der Waals surface area contributed by atoms with Crippen LogP contribution in [0, 0.1) is 6.92 Å². The lowest BCUT2D eigenvalue weighted by Crippen LogP contribution is -2.06. The van der Waals surface area contributed by atoms with Crippen molar-refractivity contribution in [1.29, 1.82) is 0 Å². The number of rotatable bonds is 4. The predicted molar refractivity (Wildman–Crippen MR) is 76.9 cm³/mol. The van der Waals surface area contributed by atoms with Crippen molar-refractivity contribution in [3.8, 4) is 11.5 Å². The van der Waals surface area contributed by atoms with Gasteiger partial charge in [-0.15, -0.1) is 0 Å². The first-order chi connectivity index (χ1) is 9.70. The van der Waals surface area contributed by atoms with Gasteiger partial charge in [-0.1, -0.05) is 12.8 Å². The average Bonchev–Trinajstić information content (AvgIpc) is 3.06. The van der Waals surface area contributed by atoms with E-state index in [4.69, 9.17) is 4.74 Å². The molecule has 1 heterocycles. The molecule has 0 aliphatic heterocycles. The van der Waals surface area contributed by atoms with Gasteiger partial charge in [-0.05, 0) is 43.5 Å². The van der Waals surface area contributed by atoms with Crippen molar-refractivity contribution in [3.05, 3.63) is 41.7 Å². The van der Waals surface area contributed by atoms with Crippen LogP contribution in [0.4, 0.5) is 0 Å². The number of nitrogens with zero attached hydrogens (tertiary/aromatic N) is 2. The van der Waals surface area contributed by atoms with Crippen LogP contribution >= 0.6 is 0 Å². The van der Waals surface area contributed by atoms with Crippen LogP contribution in [0.1, 0.15) is 43.0 Å². The highest BCUT2D eigenvalue weighted by molar-refractivity contribution is 5.36. The zero-order valence-electron chi connectivity index (χ0n) is 11.7. The van der Waals surface area contributed by atoms with E-state index in [-0.39, 0.29) is 5.75 Å². The summed E-state index contributed by atoms with van der Waals surface area (Å²) >= 11 is 0. The molecule has 1 aliphatic carbocycles. The molecule has 0 saturated heterocycles. The zero-order chi connectivity index (χ0) is 13.9. The minimum atomic E-state index is 0.233. The van der Waals surface area contributed by atoms with E-state index in [1.807, 2.05) is 25.3 Å². The molecule has 4 heteroatoms. The Morgan fingerprint density at radius 3 is 2.85 bits per heavy atom. The van der Waals surface area contributed by atoms with E-state index < -0.39 is 0 Å². The van der Waals surface area contributed by atoms with Crippen LogP contribution in [0.5, 0.6) is 11.5 Å². The Kier molecular flexibility index (Phi) is 3.63. The highest BCUT2D eigenvalue weighted by atomic mass is 16.5. The van der Waals surface area contributed by atoms with Gasteiger partial charge in [-0.3, -0.25) is 4.68 Å². The van der Waals surface area contributed by atoms with Crippen molar-refractivity contribution in [1.82, 2.24) is 9.78 Å². The lowest BCUT2D eigenvalue weighted by Gasteiger charge is -2.09. The van der Waals surface area contributed by atoms with E-state index in [1.165, 1.54) is 25.7 Å². The van der Waals surface area contributed by atoms with Gasteiger partial charge in [-0.25, -0.2) is 0 Å². The van der Waals surface area contributed by atoms with Gasteiger partial charge >= 0.3 is 0 Å². The minimum absolute atomic E-state index is 0.233. The van der Waals surface area contributed by atoms with Gasteiger partial charge in [-0.2, -0.15) is 5.10 Å². The number of ether oxygens (including phenoxy) is 1. The molecule has 1 aliphatic rings. The lowest BCUT2D eigenvalue weighted by molar-refractivity contribution is 0.296. The summed E-state index contributed by atoms with van der Waals surface area (Å²) in [6.07, 6.45) is 7.11. The molecular formula is C16H20N2O2. The fourth-order valence-electron chi connectivity index (χ4n) is 2.80. The molecule has 0 spiro atoms. The Morgan fingerprint density at radius 2 is 2.10 bits per heavy atom. The highest BCUT2D eigenvalue weighted by Gasteiger charge is 2.17. The zero-order valence-corrected chi connectivity index (χ0v) is 11.7. The normalized spacial score (nSPS) is 15.7. The maximum absolute atomic E-state index is 9.54. The fourth-order valence-corrected chi connectivity index (χ4v) is 2.80. The standard InChI is InChI=1S/C16H20N2O2/c1-12-8-15(19)10-16(9-12)20-11-13-6-7-18(17-13)14-4-2-3-5-14/h6-10,14,19H,2-5,11H2,1H3. The van der Waals surface area contributed by atoms with Crippen LogP contribution in [0.2, 0.25) is 0 Å². The van der Waals surface area contributed by atoms with E-state index in [9.17, 15) is 5.11 Å². The van der Waals surface area contributed by atoms with Crippen LogP contribution in [0.3, 0.4) is 0 Å². The summed E-state index contributed by atoms with van der Waals surface area (Å²) in [7, 11) is 0. The number of benzene rings is 1. The molecule has 0 amide bonds. The quantitative estimate of drug-likeness (QED) is 0.925. The number of phenols is 1. The Morgan fingerprint density at radius 1 is 1.30 bits per heavy atom. The molecule has 3 rings (SSSR count). The molecule has 4 nitrogen and oxygen atoms in total. The third kappa shape index (κ3) is 2.95. The minimum Gasteiger partial charge on any atom is -0.508 e. The third-order valence-electron chi connectivity index (χ3n) is 3.78. The second-order valence-electron chi connectivity index (χ2n) is 5.52. The Bertz CT molecular complexity index is 566. The lowest BCUT2D eigenvalue weighted by atomic mass is 10.2. The van der Waals surface area contributed by atoms with E-state index in [0.29, 0.717) is 18.4 Å². The molecule has 1 aromatic heterocycles. The Hall–Kier alpha value is -1.97. The smallest absolute Gasteiger partial charge is 0.132 e. The first-order valence-electron chi connectivity index (χ1n) is 7.18. The molecule has 1 fully saturated rings. The first-order valence-corrected chi connectivity index (χ1v) is 7.18. The average molecular weight is 272 g/mol. The number of hydrogen-bond acceptors (Lipinski definition) is 3. The molecule has 0 atom stereocenters. The van der Waals surface area contributed by atoms with E-state index >= 15 is 0 Å². The van der Waals surface area contributed by atoms with Crippen molar-refractivity contribution in [2.24, 2.45) is 0 Å². The fraction of sp³-hybridized carbons (Fsp3) is 0.438. The first kappa shape index (κ1) is 13.0. The summed E-state index contributed by atoms with van der Waals surface area (Å²) < 4.78 is 7.76. The molecule has 106 valence electrons. The van der Waals surface area contributed by atoms with Gasteiger partial charge in [0, 0.05) is 12.3 Å². The second kappa shape index (κ2) is 5.57. The maximum atomic E-state index is 9.54. The Balaban J connectivity index is 1.63. The maximum Gasteiger partial charge on any atom is 0.132 e. The summed E-state index contributed by atoms with van der Waals surface area (Å²) in [4.78, 5) is 0. The second-order valence-corrected chi connectivity index (χ2v) is 5.52. The largest absolute Gasteiger partial charge is 0.508 e. The highest BCUT2D eigenvalue weighted by Crippen LogP contribution is 2.29. The molecule has 1 saturated carbocycles. The summed E-state index contributed by atoms with van der Waals surface area (Å²) in [5, 5.41) is 14.1. The number of aromatic nitrogens is 2. The van der Waals surface area contributed by atoms with Crippen LogP contribution in [-0.2, 0) is 6.61 Å². The van der Waals surface area contributed by atoms with Crippen molar-refractivity contribution in [2.75, 3.05) is 0 Å². The van der Waals surface area contributed by atoms with Crippen molar-refractivity contribution in [3.63, 3.8) is 0 Å². The van der Waals surface area contributed by atoms with Crippen molar-refractivity contribution in [2.45, 2.75) is 45.3 Å². The molecule has 1 N–H and O–H groups in total. The van der Waals surface area contributed by atoms with Gasteiger partial charge in [0.15, 0.2) is 0 Å². The number of aryl methyl sites for hydroxylation is 1. The predicted octanol–water partition coefficient (Wildman–Crippen LogP) is 3.59. The van der Waals surface area contributed by atoms with E-state index in [2.05, 4.69) is 9.78 Å². The third-order valence-corrected chi connectivity index (χ3v) is 3.78. The van der Waals surface area contributed by atoms with E-state index in [1.54, 1.807) is 12.1 Å². The summed E-state index contributed by atoms with van der Waals surface area (Å²) in [6.45, 7) is 2.37. The van der Waals surface area contributed by atoms with Crippen LogP contribution in [0.25, 0.3) is 0 Å². The number of hydrogen-bond donors (Lipinski definition) is 1. The molecule has 0 unspecified atom stereocenters. The summed E-state index contributed by atoms with van der Waals surface area (Å²) in [5.74, 6) is 0.911. The van der Waals surface area contributed by atoms with Crippen LogP contribution in [-0.4, -0.2) is 14.9 Å². The molecule has 2 aromatic rings. The van der Waals surface area contributed by atoms with Crippen molar-refractivity contribution >= 4 is 0 Å². The van der Waals surface area contributed by atoms with Crippen LogP contribution < -0.4 is 4.74 Å². The molecule has 20 heavy (non-hydrogen) atoms. The molecule has 1 aromatic carbocycles. The molecule has 0 radical (unpaired) electrons.